The minimum atomic E-state index is -4.42. The number of anilines is 1. The van der Waals surface area contributed by atoms with E-state index in [1.54, 1.807) is 28.0 Å². The second kappa shape index (κ2) is 8.59. The van der Waals surface area contributed by atoms with Crippen LogP contribution in [0.1, 0.15) is 37.0 Å². The fourth-order valence-electron chi connectivity index (χ4n) is 4.38. The summed E-state index contributed by atoms with van der Waals surface area (Å²) in [5, 5.41) is 0. The number of ether oxygens (including phenoxy) is 1. The molecular weight excluding hydrogens is 453 g/mol. The van der Waals surface area contributed by atoms with E-state index in [0.29, 0.717) is 41.3 Å². The van der Waals surface area contributed by atoms with Gasteiger partial charge in [0.2, 0.25) is 5.91 Å². The molecule has 0 bridgehead atoms. The highest BCUT2D eigenvalue weighted by Gasteiger charge is 2.59. The van der Waals surface area contributed by atoms with E-state index in [1.165, 1.54) is 31.0 Å². The van der Waals surface area contributed by atoms with Gasteiger partial charge >= 0.3 is 6.18 Å². The molecule has 1 saturated heterocycles. The minimum Gasteiger partial charge on any atom is -0.497 e. The lowest BCUT2D eigenvalue weighted by Gasteiger charge is -2.33. The Morgan fingerprint density at radius 3 is 2.48 bits per heavy atom. The van der Waals surface area contributed by atoms with Crippen LogP contribution in [-0.4, -0.2) is 36.1 Å². The maximum absolute atomic E-state index is 13.9. The van der Waals surface area contributed by atoms with Gasteiger partial charge in [0.1, 0.15) is 5.75 Å². The number of methoxy groups -OCH3 is 1. The van der Waals surface area contributed by atoms with E-state index in [-0.39, 0.29) is 24.3 Å². The van der Waals surface area contributed by atoms with Crippen molar-refractivity contribution in [3.05, 3.63) is 59.2 Å². The van der Waals surface area contributed by atoms with Crippen LogP contribution in [0.5, 0.6) is 5.75 Å². The fraction of sp³-hybridized carbons (Fsp3) is 0.417. The molecule has 176 valence electrons. The van der Waals surface area contributed by atoms with Gasteiger partial charge in [-0.15, -0.1) is 11.8 Å². The molecule has 1 fully saturated rings. The van der Waals surface area contributed by atoms with Crippen molar-refractivity contribution in [1.82, 2.24) is 4.90 Å². The lowest BCUT2D eigenvalue weighted by atomic mass is 10.0. The number of hydrogen-bond donors (Lipinski definition) is 0. The molecule has 2 aliphatic rings. The number of amides is 2. The normalized spacial score (nSPS) is 20.2. The predicted octanol–water partition coefficient (Wildman–Crippen LogP) is 5.04. The number of benzene rings is 2. The zero-order valence-electron chi connectivity index (χ0n) is 18.6. The number of fused-ring (bicyclic) bond motifs is 2. The molecule has 33 heavy (non-hydrogen) atoms. The van der Waals surface area contributed by atoms with Crippen molar-refractivity contribution in [2.24, 2.45) is 5.92 Å². The van der Waals surface area contributed by atoms with E-state index in [9.17, 15) is 22.8 Å². The van der Waals surface area contributed by atoms with Crippen LogP contribution in [0.3, 0.4) is 0 Å². The molecule has 2 aromatic carbocycles. The van der Waals surface area contributed by atoms with E-state index in [1.807, 2.05) is 13.8 Å². The minimum absolute atomic E-state index is 0.0894. The van der Waals surface area contributed by atoms with Crippen molar-refractivity contribution in [3.63, 3.8) is 0 Å². The maximum Gasteiger partial charge on any atom is 0.416 e. The Bertz CT molecular complexity index is 1070. The van der Waals surface area contributed by atoms with Crippen LogP contribution in [-0.2, 0) is 27.2 Å². The van der Waals surface area contributed by atoms with Gasteiger partial charge in [-0.05, 0) is 41.8 Å². The average Bonchev–Trinajstić information content (AvgIpc) is 3.30. The molecule has 2 heterocycles. The van der Waals surface area contributed by atoms with Crippen molar-refractivity contribution in [2.75, 3.05) is 24.3 Å². The SMILES string of the molecule is COc1ccc2c(c1)[C@]1(SCCN1C(=O)CC(C)C)C(=O)N2Cc1ccc(C(F)(F)F)cc1. The van der Waals surface area contributed by atoms with Gasteiger partial charge in [-0.3, -0.25) is 9.59 Å². The average molecular weight is 479 g/mol. The van der Waals surface area contributed by atoms with Gasteiger partial charge in [-0.25, -0.2) is 0 Å². The van der Waals surface area contributed by atoms with Crippen LogP contribution in [0, 0.1) is 5.92 Å². The van der Waals surface area contributed by atoms with Crippen LogP contribution in [0.15, 0.2) is 42.5 Å². The fourth-order valence-corrected chi connectivity index (χ4v) is 5.85. The Kier molecular flexibility index (Phi) is 6.11. The highest BCUT2D eigenvalue weighted by Crippen LogP contribution is 2.55. The first-order valence-corrected chi connectivity index (χ1v) is 11.7. The van der Waals surface area contributed by atoms with Gasteiger partial charge in [0.25, 0.3) is 5.91 Å². The summed E-state index contributed by atoms with van der Waals surface area (Å²) in [6.45, 7) is 4.47. The molecule has 9 heteroatoms. The molecule has 0 aliphatic carbocycles. The third kappa shape index (κ3) is 4.07. The first kappa shape index (κ1) is 23.5. The summed E-state index contributed by atoms with van der Waals surface area (Å²) in [5.41, 5.74) is 1.14. The van der Waals surface area contributed by atoms with E-state index >= 15 is 0 Å². The summed E-state index contributed by atoms with van der Waals surface area (Å²) in [6.07, 6.45) is -4.10. The van der Waals surface area contributed by atoms with Crippen molar-refractivity contribution < 1.29 is 27.5 Å². The molecule has 4 rings (SSSR count). The quantitative estimate of drug-likeness (QED) is 0.605. The first-order chi connectivity index (χ1) is 15.6. The van der Waals surface area contributed by atoms with Crippen LogP contribution < -0.4 is 9.64 Å². The number of rotatable bonds is 5. The topological polar surface area (TPSA) is 49.9 Å². The highest BCUT2D eigenvalue weighted by molar-refractivity contribution is 8.01. The lowest BCUT2D eigenvalue weighted by Crippen LogP contribution is -2.50. The molecule has 0 N–H and O–H groups in total. The van der Waals surface area contributed by atoms with Crippen molar-refractivity contribution >= 4 is 29.3 Å². The van der Waals surface area contributed by atoms with Gasteiger partial charge in [0.15, 0.2) is 4.87 Å². The Hall–Kier alpha value is -2.68. The number of halogens is 3. The van der Waals surface area contributed by atoms with Gasteiger partial charge in [0, 0.05) is 24.3 Å². The van der Waals surface area contributed by atoms with Crippen LogP contribution in [0.25, 0.3) is 0 Å². The van der Waals surface area contributed by atoms with Crippen molar-refractivity contribution in [2.45, 2.75) is 37.9 Å². The zero-order chi connectivity index (χ0) is 24.0. The van der Waals surface area contributed by atoms with Crippen LogP contribution in [0.4, 0.5) is 18.9 Å². The van der Waals surface area contributed by atoms with Gasteiger partial charge in [0.05, 0.1) is 24.9 Å². The lowest BCUT2D eigenvalue weighted by molar-refractivity contribution is -0.140. The summed E-state index contributed by atoms with van der Waals surface area (Å²) < 4.78 is 44.2. The van der Waals surface area contributed by atoms with Gasteiger partial charge < -0.3 is 14.5 Å². The number of carbonyl (C=O) groups is 2. The molecule has 5 nitrogen and oxygen atoms in total. The number of carbonyl (C=O) groups excluding carboxylic acids is 2. The van der Waals surface area contributed by atoms with E-state index in [0.717, 1.165) is 12.1 Å². The number of hydrogen-bond acceptors (Lipinski definition) is 4. The van der Waals surface area contributed by atoms with Gasteiger partial charge in [-0.2, -0.15) is 13.2 Å². The molecule has 2 amide bonds. The van der Waals surface area contributed by atoms with E-state index in [4.69, 9.17) is 4.74 Å². The van der Waals surface area contributed by atoms with Crippen molar-refractivity contribution in [3.8, 4) is 5.75 Å². The van der Waals surface area contributed by atoms with E-state index in [2.05, 4.69) is 0 Å². The summed E-state index contributed by atoms with van der Waals surface area (Å²) in [4.78, 5) is 29.1. The summed E-state index contributed by atoms with van der Waals surface area (Å²) in [5.74, 6) is 0.977. The summed E-state index contributed by atoms with van der Waals surface area (Å²) in [7, 11) is 1.54. The van der Waals surface area contributed by atoms with Crippen molar-refractivity contribution in [1.29, 1.82) is 0 Å². The number of nitrogens with zero attached hydrogens (tertiary/aromatic N) is 2. The second-order valence-electron chi connectivity index (χ2n) is 8.60. The number of thioether (sulfide) groups is 1. The largest absolute Gasteiger partial charge is 0.497 e. The Labute approximate surface area is 194 Å². The summed E-state index contributed by atoms with van der Waals surface area (Å²) >= 11 is 1.42. The third-order valence-electron chi connectivity index (χ3n) is 5.91. The Balaban J connectivity index is 1.74. The molecular formula is C24H25F3N2O3S. The monoisotopic (exact) mass is 478 g/mol. The maximum atomic E-state index is 13.9. The standard InChI is InChI=1S/C24H25F3N2O3S/c1-15(2)12-21(30)29-10-11-33-23(29)19-13-18(32-3)8-9-20(19)28(22(23)31)14-16-4-6-17(7-5-16)24(25,26)27/h4-9,13,15H,10-12,14H2,1-3H3/t23-/m0/s1. The molecule has 0 unspecified atom stereocenters. The first-order valence-electron chi connectivity index (χ1n) is 10.7. The smallest absolute Gasteiger partial charge is 0.416 e. The predicted molar refractivity (Wildman–Crippen MR) is 121 cm³/mol. The second-order valence-corrected chi connectivity index (χ2v) is 9.89. The highest BCUT2D eigenvalue weighted by atomic mass is 32.2. The summed E-state index contributed by atoms with van der Waals surface area (Å²) in [6, 6.07) is 10.1. The molecule has 0 saturated carbocycles. The molecule has 1 spiro atoms. The van der Waals surface area contributed by atoms with Crippen LogP contribution >= 0.6 is 11.8 Å². The molecule has 1 atom stereocenters. The molecule has 0 radical (unpaired) electrons. The molecule has 0 aromatic heterocycles. The number of alkyl halides is 3. The molecule has 2 aliphatic heterocycles. The molecule has 2 aromatic rings. The third-order valence-corrected chi connectivity index (χ3v) is 7.33. The Morgan fingerprint density at radius 1 is 1.18 bits per heavy atom. The van der Waals surface area contributed by atoms with E-state index < -0.39 is 16.6 Å². The zero-order valence-corrected chi connectivity index (χ0v) is 19.4. The van der Waals surface area contributed by atoms with Crippen LogP contribution in [0.2, 0.25) is 0 Å². The Morgan fingerprint density at radius 2 is 1.88 bits per heavy atom. The van der Waals surface area contributed by atoms with Gasteiger partial charge in [-0.1, -0.05) is 26.0 Å².